The van der Waals surface area contributed by atoms with Gasteiger partial charge >= 0.3 is 0 Å². The molecule has 0 aromatic heterocycles. The highest BCUT2D eigenvalue weighted by Gasteiger charge is 2.37. The lowest BCUT2D eigenvalue weighted by molar-refractivity contribution is -0.0414. The Hall–Kier alpha value is -0.130. The van der Waals surface area contributed by atoms with E-state index in [9.17, 15) is 8.42 Å². The Kier molecular flexibility index (Phi) is 1.74. The van der Waals surface area contributed by atoms with Crippen molar-refractivity contribution in [2.24, 2.45) is 5.73 Å². The van der Waals surface area contributed by atoms with Crippen molar-refractivity contribution in [2.45, 2.75) is 5.54 Å². The smallest absolute Gasteiger partial charge is 0.149 e. The first-order valence-electron chi connectivity index (χ1n) is 2.96. The van der Waals surface area contributed by atoms with Gasteiger partial charge in [0.2, 0.25) is 0 Å². The molecule has 1 heterocycles. The number of hydrogen-bond acceptors (Lipinski definition) is 4. The van der Waals surface area contributed by atoms with E-state index in [-0.39, 0.29) is 5.75 Å². The number of rotatable bonds is 2. The van der Waals surface area contributed by atoms with Crippen molar-refractivity contribution in [3.63, 3.8) is 0 Å². The zero-order valence-electron chi connectivity index (χ0n) is 5.83. The van der Waals surface area contributed by atoms with Crippen LogP contribution in [0.25, 0.3) is 0 Å². The van der Waals surface area contributed by atoms with Crippen LogP contribution in [0.4, 0.5) is 0 Å². The molecular weight excluding hydrogens is 154 g/mol. The summed E-state index contributed by atoms with van der Waals surface area (Å²) in [5.41, 5.74) is 4.98. The molecule has 0 aromatic rings. The molecule has 0 unspecified atom stereocenters. The summed E-state index contributed by atoms with van der Waals surface area (Å²) in [5, 5.41) is 0. The quantitative estimate of drug-likeness (QED) is 0.555. The molecule has 0 atom stereocenters. The Bertz CT molecular complexity index is 217. The lowest BCUT2D eigenvalue weighted by atomic mass is 10.0. The van der Waals surface area contributed by atoms with E-state index >= 15 is 0 Å². The third-order valence-electron chi connectivity index (χ3n) is 1.33. The first-order chi connectivity index (χ1) is 4.41. The van der Waals surface area contributed by atoms with Gasteiger partial charge in [0, 0.05) is 6.26 Å². The van der Waals surface area contributed by atoms with Gasteiger partial charge in [-0.15, -0.1) is 0 Å². The van der Waals surface area contributed by atoms with Crippen molar-refractivity contribution >= 4 is 9.84 Å². The molecule has 1 aliphatic rings. The van der Waals surface area contributed by atoms with Gasteiger partial charge in [-0.3, -0.25) is 0 Å². The van der Waals surface area contributed by atoms with E-state index < -0.39 is 15.4 Å². The van der Waals surface area contributed by atoms with Gasteiger partial charge in [0.15, 0.2) is 0 Å². The van der Waals surface area contributed by atoms with Crippen molar-refractivity contribution in [1.29, 1.82) is 0 Å². The third-order valence-corrected chi connectivity index (χ3v) is 2.43. The van der Waals surface area contributed by atoms with Gasteiger partial charge in [-0.05, 0) is 0 Å². The summed E-state index contributed by atoms with van der Waals surface area (Å²) in [5.74, 6) is 0.0278. The minimum absolute atomic E-state index is 0.0278. The molecule has 60 valence electrons. The van der Waals surface area contributed by atoms with Gasteiger partial charge in [-0.1, -0.05) is 0 Å². The first-order valence-corrected chi connectivity index (χ1v) is 5.02. The average Bonchev–Trinajstić information content (AvgIpc) is 1.57. The van der Waals surface area contributed by atoms with E-state index in [1.165, 1.54) is 6.26 Å². The molecule has 1 saturated heterocycles. The minimum atomic E-state index is -2.95. The van der Waals surface area contributed by atoms with Crippen LogP contribution in [0.5, 0.6) is 0 Å². The summed E-state index contributed by atoms with van der Waals surface area (Å²) >= 11 is 0. The van der Waals surface area contributed by atoms with Crippen LogP contribution in [0.2, 0.25) is 0 Å². The van der Waals surface area contributed by atoms with Gasteiger partial charge in [-0.25, -0.2) is 8.42 Å². The number of ether oxygens (including phenoxy) is 1. The van der Waals surface area contributed by atoms with Gasteiger partial charge in [0.05, 0.1) is 24.5 Å². The Morgan fingerprint density at radius 3 is 2.20 bits per heavy atom. The van der Waals surface area contributed by atoms with Gasteiger partial charge < -0.3 is 10.5 Å². The van der Waals surface area contributed by atoms with E-state index in [4.69, 9.17) is 10.5 Å². The number of hydrogen-bond donors (Lipinski definition) is 1. The number of nitrogens with two attached hydrogens (primary N) is 1. The second-order valence-corrected chi connectivity index (χ2v) is 5.07. The molecule has 0 spiro atoms. The van der Waals surface area contributed by atoms with E-state index in [1.807, 2.05) is 0 Å². The highest BCUT2D eigenvalue weighted by molar-refractivity contribution is 7.90. The van der Waals surface area contributed by atoms with Crippen molar-refractivity contribution in [3.05, 3.63) is 0 Å². The fourth-order valence-corrected chi connectivity index (χ4v) is 2.18. The molecule has 0 aliphatic carbocycles. The summed E-state index contributed by atoms with van der Waals surface area (Å²) < 4.78 is 26.2. The maximum Gasteiger partial charge on any atom is 0.149 e. The topological polar surface area (TPSA) is 69.4 Å². The molecule has 0 aromatic carbocycles. The summed E-state index contributed by atoms with van der Waals surface area (Å²) in [6, 6.07) is 0. The predicted octanol–water partition coefficient (Wildman–Crippen LogP) is -1.24. The van der Waals surface area contributed by atoms with E-state index in [1.54, 1.807) is 0 Å². The third kappa shape index (κ3) is 1.93. The average molecular weight is 165 g/mol. The lowest BCUT2D eigenvalue weighted by Crippen LogP contribution is -2.61. The molecule has 1 aliphatic heterocycles. The molecule has 0 saturated carbocycles. The van der Waals surface area contributed by atoms with Gasteiger partial charge in [0.25, 0.3) is 0 Å². The molecule has 4 nitrogen and oxygen atoms in total. The molecule has 0 radical (unpaired) electrons. The Morgan fingerprint density at radius 1 is 1.60 bits per heavy atom. The van der Waals surface area contributed by atoms with Crippen molar-refractivity contribution in [1.82, 2.24) is 0 Å². The standard InChI is InChI=1S/C5H11NO3S/c1-10(7,8)4-5(6)2-9-3-5/h2-4,6H2,1H3. The molecule has 1 fully saturated rings. The zero-order chi connectivity index (χ0) is 7.83. The van der Waals surface area contributed by atoms with Crippen LogP contribution >= 0.6 is 0 Å². The minimum Gasteiger partial charge on any atom is -0.377 e. The van der Waals surface area contributed by atoms with Gasteiger partial charge in [-0.2, -0.15) is 0 Å². The van der Waals surface area contributed by atoms with E-state index in [0.717, 1.165) is 0 Å². The molecule has 5 heteroatoms. The second-order valence-electron chi connectivity index (χ2n) is 2.93. The molecule has 0 amide bonds. The lowest BCUT2D eigenvalue weighted by Gasteiger charge is -2.36. The van der Waals surface area contributed by atoms with Crippen LogP contribution in [0, 0.1) is 0 Å². The molecule has 10 heavy (non-hydrogen) atoms. The highest BCUT2D eigenvalue weighted by atomic mass is 32.2. The number of sulfone groups is 1. The maximum atomic E-state index is 10.7. The Labute approximate surface area is 60.3 Å². The van der Waals surface area contributed by atoms with Crippen molar-refractivity contribution in [2.75, 3.05) is 25.2 Å². The summed E-state index contributed by atoms with van der Waals surface area (Å²) in [7, 11) is -2.95. The van der Waals surface area contributed by atoms with Crippen LogP contribution < -0.4 is 5.73 Å². The van der Waals surface area contributed by atoms with Crippen molar-refractivity contribution < 1.29 is 13.2 Å². The Balaban J connectivity index is 2.53. The largest absolute Gasteiger partial charge is 0.377 e. The second kappa shape index (κ2) is 2.18. The van der Waals surface area contributed by atoms with Crippen LogP contribution in [0.15, 0.2) is 0 Å². The van der Waals surface area contributed by atoms with Crippen molar-refractivity contribution in [3.8, 4) is 0 Å². The highest BCUT2D eigenvalue weighted by Crippen LogP contribution is 2.14. The van der Waals surface area contributed by atoms with Crippen LogP contribution in [-0.4, -0.2) is 39.2 Å². The molecule has 2 N–H and O–H groups in total. The normalized spacial score (nSPS) is 23.8. The summed E-state index contributed by atoms with van der Waals surface area (Å²) in [4.78, 5) is 0. The molecule has 1 rings (SSSR count). The van der Waals surface area contributed by atoms with Crippen LogP contribution in [-0.2, 0) is 14.6 Å². The predicted molar refractivity (Wildman–Crippen MR) is 37.4 cm³/mol. The molecule has 0 bridgehead atoms. The maximum absolute atomic E-state index is 10.7. The van der Waals surface area contributed by atoms with E-state index in [2.05, 4.69) is 0 Å². The van der Waals surface area contributed by atoms with Crippen LogP contribution in [0.1, 0.15) is 0 Å². The van der Waals surface area contributed by atoms with E-state index in [0.29, 0.717) is 13.2 Å². The fraction of sp³-hybridized carbons (Fsp3) is 1.00. The zero-order valence-corrected chi connectivity index (χ0v) is 6.65. The first kappa shape index (κ1) is 7.97. The molecular formula is C5H11NO3S. The fourth-order valence-electron chi connectivity index (χ4n) is 0.970. The Morgan fingerprint density at radius 2 is 2.10 bits per heavy atom. The van der Waals surface area contributed by atoms with Crippen LogP contribution in [0.3, 0.4) is 0 Å². The summed E-state index contributed by atoms with van der Waals surface area (Å²) in [6.07, 6.45) is 1.18. The SMILES string of the molecule is CS(=O)(=O)CC1(N)COC1. The summed E-state index contributed by atoms with van der Waals surface area (Å²) in [6.45, 7) is 0.722. The monoisotopic (exact) mass is 165 g/mol. The van der Waals surface area contributed by atoms with Gasteiger partial charge in [0.1, 0.15) is 9.84 Å².